The van der Waals surface area contributed by atoms with Crippen molar-refractivity contribution in [2.75, 3.05) is 13.7 Å². The van der Waals surface area contributed by atoms with Gasteiger partial charge >= 0.3 is 11.9 Å². The van der Waals surface area contributed by atoms with Crippen molar-refractivity contribution in [2.45, 2.75) is 53.1 Å². The molecule has 0 spiro atoms. The average molecular weight is 316 g/mol. The third kappa shape index (κ3) is 14.7. The lowest BCUT2D eigenvalue weighted by Crippen LogP contribution is -2.17. The molecular weight excluding hydrogens is 288 g/mol. The van der Waals surface area contributed by atoms with Crippen LogP contribution in [0.5, 0.6) is 0 Å². The quantitative estimate of drug-likeness (QED) is 0.282. The van der Waals surface area contributed by atoms with E-state index >= 15 is 0 Å². The van der Waals surface area contributed by atoms with Crippen LogP contribution in [0.1, 0.15) is 40.5 Å². The molecule has 6 nitrogen and oxygen atoms in total. The topological polar surface area (TPSA) is 71.1 Å². The summed E-state index contributed by atoms with van der Waals surface area (Å²) in [5.74, 6) is -0.867. The minimum absolute atomic E-state index is 0.379. The molecule has 0 aromatic rings. The number of carbonyl (C=O) groups excluding carboxylic acids is 2. The zero-order valence-corrected chi connectivity index (χ0v) is 14.2. The monoisotopic (exact) mass is 316 g/mol. The largest absolute Gasteiger partial charge is 0.433 e. The van der Waals surface area contributed by atoms with Crippen molar-refractivity contribution in [3.8, 4) is 0 Å². The molecule has 0 aromatic heterocycles. The fraction of sp³-hybridized carbons (Fsp3) is 0.625. The van der Waals surface area contributed by atoms with Crippen LogP contribution in [0.2, 0.25) is 0 Å². The summed E-state index contributed by atoms with van der Waals surface area (Å²) in [5, 5.41) is 0. The molecule has 0 aromatic carbocycles. The Morgan fingerprint density at radius 2 is 1.77 bits per heavy atom. The smallest absolute Gasteiger partial charge is 0.335 e. The number of hydrogen-bond acceptors (Lipinski definition) is 6. The summed E-state index contributed by atoms with van der Waals surface area (Å²) in [6.07, 6.45) is 2.21. The first-order chi connectivity index (χ1) is 10.3. The van der Waals surface area contributed by atoms with E-state index in [0.717, 1.165) is 18.9 Å². The van der Waals surface area contributed by atoms with Gasteiger partial charge in [-0.25, -0.2) is 9.59 Å². The Hall–Kier alpha value is -1.66. The lowest BCUT2D eigenvalue weighted by Gasteiger charge is -2.11. The highest BCUT2D eigenvalue weighted by atomic mass is 16.7. The predicted octanol–water partition coefficient (Wildman–Crippen LogP) is 2.98. The van der Waals surface area contributed by atoms with Crippen molar-refractivity contribution in [2.24, 2.45) is 0 Å². The van der Waals surface area contributed by atoms with Crippen molar-refractivity contribution in [1.29, 1.82) is 0 Å². The molecule has 0 fully saturated rings. The van der Waals surface area contributed by atoms with Gasteiger partial charge in [-0.1, -0.05) is 26.5 Å². The molecule has 0 heterocycles. The zero-order chi connectivity index (χ0) is 17.5. The Balaban J connectivity index is 0. The zero-order valence-electron chi connectivity index (χ0n) is 14.2. The number of esters is 2. The van der Waals surface area contributed by atoms with Crippen LogP contribution in [0.25, 0.3) is 0 Å². The maximum absolute atomic E-state index is 10.7. The number of ether oxygens (including phenoxy) is 4. The number of carbonyl (C=O) groups is 2. The van der Waals surface area contributed by atoms with Gasteiger partial charge in [0.25, 0.3) is 0 Å². The highest BCUT2D eigenvalue weighted by Crippen LogP contribution is 1.98. The first-order valence-electron chi connectivity index (χ1n) is 7.12. The Morgan fingerprint density at radius 1 is 1.18 bits per heavy atom. The molecule has 0 aliphatic heterocycles. The Morgan fingerprint density at radius 3 is 2.18 bits per heavy atom. The first kappa shape index (κ1) is 22.6. The van der Waals surface area contributed by atoms with Gasteiger partial charge in [0.05, 0.1) is 6.61 Å². The number of methoxy groups -OCH3 is 1. The standard InChI is InChI=1S/C9H16O3.C7H12O3/c1-4-6-7-11-8(3)12-9(10)5-2;1-5(2)7(8)10-6(3)9-4/h5,8H,2,4,6-7H2,1,3H3;6H,1H2,2-4H3. The molecule has 0 saturated heterocycles. The molecule has 2 atom stereocenters. The van der Waals surface area contributed by atoms with Crippen LogP contribution in [0.4, 0.5) is 0 Å². The second-order valence-corrected chi connectivity index (χ2v) is 4.42. The normalized spacial score (nSPS) is 12.2. The van der Waals surface area contributed by atoms with E-state index in [1.807, 2.05) is 0 Å². The molecule has 0 saturated carbocycles. The Kier molecular flexibility index (Phi) is 14.7. The second kappa shape index (κ2) is 14.3. The number of unbranched alkanes of at least 4 members (excludes halogenated alkanes) is 1. The second-order valence-electron chi connectivity index (χ2n) is 4.42. The van der Waals surface area contributed by atoms with Crippen molar-refractivity contribution >= 4 is 11.9 Å². The molecule has 128 valence electrons. The first-order valence-corrected chi connectivity index (χ1v) is 7.12. The van der Waals surface area contributed by atoms with Gasteiger partial charge in [-0.05, 0) is 27.2 Å². The van der Waals surface area contributed by atoms with Crippen LogP contribution in [0.3, 0.4) is 0 Å². The summed E-state index contributed by atoms with van der Waals surface area (Å²) in [6, 6.07) is 0. The summed E-state index contributed by atoms with van der Waals surface area (Å²) in [4.78, 5) is 21.3. The summed E-state index contributed by atoms with van der Waals surface area (Å²) in [5.41, 5.74) is 0.379. The van der Waals surface area contributed by atoms with Crippen LogP contribution in [-0.2, 0) is 28.5 Å². The van der Waals surface area contributed by atoms with E-state index in [0.29, 0.717) is 12.2 Å². The average Bonchev–Trinajstić information content (AvgIpc) is 2.47. The SMILES string of the molecule is C=C(C)C(=O)OC(C)OC.C=CC(=O)OC(C)OCCCC. The van der Waals surface area contributed by atoms with Crippen LogP contribution in [-0.4, -0.2) is 38.2 Å². The maximum atomic E-state index is 10.7. The molecular formula is C16H28O6. The van der Waals surface area contributed by atoms with E-state index in [1.54, 1.807) is 20.8 Å². The molecule has 0 amide bonds. The molecule has 0 bridgehead atoms. The summed E-state index contributed by atoms with van der Waals surface area (Å²) < 4.78 is 19.3. The fourth-order valence-corrected chi connectivity index (χ4v) is 0.939. The highest BCUT2D eigenvalue weighted by molar-refractivity contribution is 5.86. The van der Waals surface area contributed by atoms with Gasteiger partial charge in [0.15, 0.2) is 12.6 Å². The molecule has 0 rings (SSSR count). The molecule has 6 heteroatoms. The molecule has 0 radical (unpaired) electrons. The minimum Gasteiger partial charge on any atom is -0.433 e. The van der Waals surface area contributed by atoms with Gasteiger partial charge < -0.3 is 18.9 Å². The van der Waals surface area contributed by atoms with E-state index in [2.05, 4.69) is 24.8 Å². The van der Waals surface area contributed by atoms with Gasteiger partial charge in [-0.3, -0.25) is 0 Å². The molecule has 2 unspecified atom stereocenters. The number of rotatable bonds is 9. The van der Waals surface area contributed by atoms with Gasteiger partial charge in [-0.2, -0.15) is 0 Å². The fourth-order valence-electron chi connectivity index (χ4n) is 0.939. The summed E-state index contributed by atoms with van der Waals surface area (Å²) in [7, 11) is 1.47. The van der Waals surface area contributed by atoms with Crippen molar-refractivity contribution in [3.63, 3.8) is 0 Å². The molecule has 0 N–H and O–H groups in total. The van der Waals surface area contributed by atoms with E-state index in [9.17, 15) is 9.59 Å². The molecule has 22 heavy (non-hydrogen) atoms. The van der Waals surface area contributed by atoms with E-state index in [-0.39, 0.29) is 0 Å². The van der Waals surface area contributed by atoms with Crippen LogP contribution < -0.4 is 0 Å². The van der Waals surface area contributed by atoms with Gasteiger partial charge in [0.1, 0.15) is 0 Å². The molecule has 0 aliphatic rings. The summed E-state index contributed by atoms with van der Waals surface area (Å²) >= 11 is 0. The van der Waals surface area contributed by atoms with Crippen LogP contribution in [0.15, 0.2) is 24.8 Å². The van der Waals surface area contributed by atoms with E-state index < -0.39 is 24.5 Å². The predicted molar refractivity (Wildman–Crippen MR) is 84.0 cm³/mol. The van der Waals surface area contributed by atoms with Crippen molar-refractivity contribution in [1.82, 2.24) is 0 Å². The van der Waals surface area contributed by atoms with E-state index in [4.69, 9.17) is 14.2 Å². The lowest BCUT2D eigenvalue weighted by molar-refractivity contribution is -0.169. The third-order valence-electron chi connectivity index (χ3n) is 2.25. The van der Waals surface area contributed by atoms with Gasteiger partial charge in [0, 0.05) is 18.8 Å². The molecule has 0 aliphatic carbocycles. The van der Waals surface area contributed by atoms with Crippen molar-refractivity contribution in [3.05, 3.63) is 24.8 Å². The van der Waals surface area contributed by atoms with Crippen molar-refractivity contribution < 1.29 is 28.5 Å². The Bertz CT molecular complexity index is 351. The lowest BCUT2D eigenvalue weighted by atomic mass is 10.4. The third-order valence-corrected chi connectivity index (χ3v) is 2.25. The maximum Gasteiger partial charge on any atom is 0.335 e. The van der Waals surface area contributed by atoms with Gasteiger partial charge in [-0.15, -0.1) is 0 Å². The minimum atomic E-state index is -0.496. The Labute approximate surface area is 133 Å². The number of hydrogen-bond donors (Lipinski definition) is 0. The van der Waals surface area contributed by atoms with E-state index in [1.165, 1.54) is 7.11 Å². The summed E-state index contributed by atoms with van der Waals surface area (Å²) in [6.45, 7) is 14.3. The van der Waals surface area contributed by atoms with Gasteiger partial charge in [0.2, 0.25) is 0 Å². The highest BCUT2D eigenvalue weighted by Gasteiger charge is 2.07. The van der Waals surface area contributed by atoms with Crippen LogP contribution in [0, 0.1) is 0 Å². The van der Waals surface area contributed by atoms with Crippen LogP contribution >= 0.6 is 0 Å².